The van der Waals surface area contributed by atoms with Gasteiger partial charge in [0.15, 0.2) is 0 Å². The highest BCUT2D eigenvalue weighted by Gasteiger charge is 2.24. The Morgan fingerprint density at radius 2 is 2.06 bits per heavy atom. The molecular weight excluding hydrogens is 216 g/mol. The summed E-state index contributed by atoms with van der Waals surface area (Å²) in [4.78, 5) is 31.4. The zero-order chi connectivity index (χ0) is 12.3. The largest absolute Gasteiger partial charge is 0.477 e. The maximum Gasteiger partial charge on any atom is 0.342 e. The first kappa shape index (κ1) is 11.6. The van der Waals surface area contributed by atoms with Gasteiger partial charge in [0.2, 0.25) is 5.91 Å². The number of nitro groups is 1. The highest BCUT2D eigenvalue weighted by atomic mass is 16.6. The van der Waals surface area contributed by atoms with Crippen LogP contribution in [0.5, 0.6) is 0 Å². The third-order valence-electron chi connectivity index (χ3n) is 1.76. The average Bonchev–Trinajstić information content (AvgIpc) is 2.15. The van der Waals surface area contributed by atoms with Crippen molar-refractivity contribution in [3.05, 3.63) is 33.9 Å². The minimum atomic E-state index is -1.42. The summed E-state index contributed by atoms with van der Waals surface area (Å²) < 4.78 is 0. The number of carbonyl (C=O) groups excluding carboxylic acids is 1. The van der Waals surface area contributed by atoms with Gasteiger partial charge in [-0.1, -0.05) is 6.07 Å². The highest BCUT2D eigenvalue weighted by Crippen LogP contribution is 2.28. The molecule has 0 aliphatic rings. The molecule has 0 saturated carbocycles. The Labute approximate surface area is 89.8 Å². The Morgan fingerprint density at radius 3 is 2.50 bits per heavy atom. The SMILES string of the molecule is CC(=O)Nc1cccc(C(=O)O)c1[N+](=O)[O-]. The van der Waals surface area contributed by atoms with Crippen molar-refractivity contribution in [3.8, 4) is 0 Å². The lowest BCUT2D eigenvalue weighted by molar-refractivity contribution is -0.384. The van der Waals surface area contributed by atoms with Crippen molar-refractivity contribution in [1.29, 1.82) is 0 Å². The molecule has 7 heteroatoms. The van der Waals surface area contributed by atoms with Gasteiger partial charge in [0.1, 0.15) is 11.3 Å². The van der Waals surface area contributed by atoms with Crippen LogP contribution in [0.3, 0.4) is 0 Å². The van der Waals surface area contributed by atoms with Gasteiger partial charge in [-0.15, -0.1) is 0 Å². The Morgan fingerprint density at radius 1 is 1.44 bits per heavy atom. The molecule has 0 unspecified atom stereocenters. The van der Waals surface area contributed by atoms with Crippen molar-refractivity contribution >= 4 is 23.3 Å². The molecule has 0 atom stereocenters. The molecule has 0 aromatic heterocycles. The molecule has 0 bridgehead atoms. The van der Waals surface area contributed by atoms with Gasteiger partial charge in [-0.2, -0.15) is 0 Å². The van der Waals surface area contributed by atoms with E-state index in [0.29, 0.717) is 0 Å². The molecule has 1 aromatic rings. The van der Waals surface area contributed by atoms with Crippen LogP contribution in [0.15, 0.2) is 18.2 Å². The van der Waals surface area contributed by atoms with E-state index >= 15 is 0 Å². The van der Waals surface area contributed by atoms with Gasteiger partial charge in [0, 0.05) is 6.92 Å². The summed E-state index contributed by atoms with van der Waals surface area (Å²) in [6.45, 7) is 1.18. The zero-order valence-electron chi connectivity index (χ0n) is 8.26. The second-order valence-electron chi connectivity index (χ2n) is 2.95. The topological polar surface area (TPSA) is 110 Å². The summed E-state index contributed by atoms with van der Waals surface area (Å²) in [5, 5.41) is 21.7. The van der Waals surface area contributed by atoms with E-state index in [4.69, 9.17) is 5.11 Å². The summed E-state index contributed by atoms with van der Waals surface area (Å²) in [7, 11) is 0. The number of carbonyl (C=O) groups is 2. The highest BCUT2D eigenvalue weighted by molar-refractivity contribution is 5.99. The number of rotatable bonds is 3. The van der Waals surface area contributed by atoms with E-state index in [2.05, 4.69) is 5.32 Å². The van der Waals surface area contributed by atoms with E-state index in [1.165, 1.54) is 19.1 Å². The Bertz CT molecular complexity index is 469. The number of carboxylic acids is 1. The standard InChI is InChI=1S/C9H8N2O5/c1-5(12)10-7-4-2-3-6(9(13)14)8(7)11(15)16/h2-4H,1H3,(H,10,12)(H,13,14). The van der Waals surface area contributed by atoms with Gasteiger partial charge < -0.3 is 10.4 Å². The number of amides is 1. The van der Waals surface area contributed by atoms with Crippen molar-refractivity contribution in [1.82, 2.24) is 0 Å². The molecule has 0 spiro atoms. The number of nitro benzene ring substituents is 1. The fourth-order valence-corrected chi connectivity index (χ4v) is 1.20. The van der Waals surface area contributed by atoms with Crippen LogP contribution in [-0.2, 0) is 4.79 Å². The number of benzene rings is 1. The Balaban J connectivity index is 3.38. The maximum absolute atomic E-state index is 10.8. The Hall–Kier alpha value is -2.44. The summed E-state index contributed by atoms with van der Waals surface area (Å²) in [6, 6.07) is 3.69. The first-order valence-electron chi connectivity index (χ1n) is 4.21. The predicted molar refractivity (Wildman–Crippen MR) is 54.4 cm³/mol. The molecule has 1 aromatic carbocycles. The minimum absolute atomic E-state index is 0.127. The van der Waals surface area contributed by atoms with Crippen LogP contribution in [0, 0.1) is 10.1 Å². The second kappa shape index (κ2) is 4.39. The van der Waals surface area contributed by atoms with E-state index in [9.17, 15) is 19.7 Å². The van der Waals surface area contributed by atoms with Crippen molar-refractivity contribution in [2.45, 2.75) is 6.92 Å². The van der Waals surface area contributed by atoms with Crippen LogP contribution in [0.4, 0.5) is 11.4 Å². The third kappa shape index (κ3) is 2.32. The first-order valence-corrected chi connectivity index (χ1v) is 4.21. The van der Waals surface area contributed by atoms with Crippen molar-refractivity contribution < 1.29 is 19.6 Å². The number of hydrogen-bond donors (Lipinski definition) is 2. The molecule has 16 heavy (non-hydrogen) atoms. The average molecular weight is 224 g/mol. The normalized spacial score (nSPS) is 9.56. The van der Waals surface area contributed by atoms with Gasteiger partial charge in [-0.05, 0) is 12.1 Å². The molecule has 0 aliphatic heterocycles. The molecule has 1 amide bonds. The first-order chi connectivity index (χ1) is 7.43. The van der Waals surface area contributed by atoms with E-state index in [0.717, 1.165) is 6.07 Å². The van der Waals surface area contributed by atoms with E-state index < -0.39 is 28.1 Å². The van der Waals surface area contributed by atoms with Gasteiger partial charge >= 0.3 is 11.7 Å². The number of aromatic carboxylic acids is 1. The molecule has 0 aliphatic carbocycles. The van der Waals surface area contributed by atoms with Crippen LogP contribution >= 0.6 is 0 Å². The summed E-state index contributed by atoms with van der Waals surface area (Å²) in [5.74, 6) is -1.93. The predicted octanol–water partition coefficient (Wildman–Crippen LogP) is 1.25. The molecule has 0 heterocycles. The summed E-state index contributed by atoms with van der Waals surface area (Å²) >= 11 is 0. The molecular formula is C9H8N2O5. The zero-order valence-corrected chi connectivity index (χ0v) is 8.26. The number of nitrogens with one attached hydrogen (secondary N) is 1. The monoisotopic (exact) mass is 224 g/mol. The smallest absolute Gasteiger partial charge is 0.342 e. The van der Waals surface area contributed by atoms with Gasteiger partial charge in [0.05, 0.1) is 4.92 Å². The van der Waals surface area contributed by atoms with Gasteiger partial charge in [-0.3, -0.25) is 14.9 Å². The van der Waals surface area contributed by atoms with Crippen LogP contribution < -0.4 is 5.32 Å². The maximum atomic E-state index is 10.8. The molecule has 84 valence electrons. The number of para-hydroxylation sites is 1. The van der Waals surface area contributed by atoms with Gasteiger partial charge in [0.25, 0.3) is 0 Å². The van der Waals surface area contributed by atoms with Crippen LogP contribution in [0.2, 0.25) is 0 Å². The number of hydrogen-bond acceptors (Lipinski definition) is 4. The number of carboxylic acid groups (broad SMARTS) is 1. The minimum Gasteiger partial charge on any atom is -0.477 e. The van der Waals surface area contributed by atoms with E-state index in [-0.39, 0.29) is 5.69 Å². The van der Waals surface area contributed by atoms with Crippen LogP contribution in [0.25, 0.3) is 0 Å². The summed E-state index contributed by atoms with van der Waals surface area (Å²) in [6.07, 6.45) is 0. The fraction of sp³-hybridized carbons (Fsp3) is 0.111. The van der Waals surface area contributed by atoms with E-state index in [1.54, 1.807) is 0 Å². The quantitative estimate of drug-likeness (QED) is 0.593. The number of nitrogens with zero attached hydrogens (tertiary/aromatic N) is 1. The second-order valence-corrected chi connectivity index (χ2v) is 2.95. The van der Waals surface area contributed by atoms with E-state index in [1.807, 2.05) is 0 Å². The lowest BCUT2D eigenvalue weighted by Gasteiger charge is -2.05. The number of anilines is 1. The molecule has 0 radical (unpaired) electrons. The Kier molecular flexibility index (Phi) is 3.19. The third-order valence-corrected chi connectivity index (χ3v) is 1.76. The van der Waals surface area contributed by atoms with Crippen molar-refractivity contribution in [3.63, 3.8) is 0 Å². The van der Waals surface area contributed by atoms with Gasteiger partial charge in [-0.25, -0.2) is 4.79 Å². The van der Waals surface area contributed by atoms with Crippen LogP contribution in [-0.4, -0.2) is 21.9 Å². The fourth-order valence-electron chi connectivity index (χ4n) is 1.20. The molecule has 0 saturated heterocycles. The molecule has 7 nitrogen and oxygen atoms in total. The van der Waals surface area contributed by atoms with Crippen LogP contribution in [0.1, 0.15) is 17.3 Å². The lowest BCUT2D eigenvalue weighted by Crippen LogP contribution is -2.11. The molecule has 1 rings (SSSR count). The molecule has 2 N–H and O–H groups in total. The van der Waals surface area contributed by atoms with Crippen molar-refractivity contribution in [2.75, 3.05) is 5.32 Å². The lowest BCUT2D eigenvalue weighted by atomic mass is 10.1. The summed E-state index contributed by atoms with van der Waals surface area (Å²) in [5.41, 5.74) is -1.21. The molecule has 0 fully saturated rings. The van der Waals surface area contributed by atoms with Crippen molar-refractivity contribution in [2.24, 2.45) is 0 Å².